The maximum atomic E-state index is 4.46. The van der Waals surface area contributed by atoms with Crippen molar-refractivity contribution in [2.75, 3.05) is 17.2 Å². The largest absolute Gasteiger partial charge is 0.368 e. The summed E-state index contributed by atoms with van der Waals surface area (Å²) in [5, 5.41) is 14.5. The van der Waals surface area contributed by atoms with E-state index in [1.165, 1.54) is 11.1 Å². The van der Waals surface area contributed by atoms with Gasteiger partial charge in [0.15, 0.2) is 5.82 Å². The Morgan fingerprint density at radius 1 is 0.960 bits per heavy atom. The quantitative estimate of drug-likeness (QED) is 0.671. The number of nitrogens with zero attached hydrogens (tertiary/aromatic N) is 3. The van der Waals surface area contributed by atoms with Crippen LogP contribution in [0.25, 0.3) is 0 Å². The molecule has 0 atom stereocenters. The van der Waals surface area contributed by atoms with Crippen LogP contribution in [0.1, 0.15) is 30.9 Å². The fraction of sp³-hybridized carbons (Fsp3) is 0.250. The van der Waals surface area contributed by atoms with Crippen LogP contribution in [0.4, 0.5) is 17.5 Å². The van der Waals surface area contributed by atoms with E-state index in [4.69, 9.17) is 0 Å². The molecule has 5 nitrogen and oxygen atoms in total. The third kappa shape index (κ3) is 5.01. The van der Waals surface area contributed by atoms with Gasteiger partial charge in [-0.05, 0) is 35.6 Å². The standard InChI is InChI=1S/C20H23N5/c1-15(2)17-8-10-18(11-9-17)23-20-24-19(14-22-25-20)21-13-12-16-6-4-3-5-7-16/h3-11,14-15H,12-13H2,1-2H3,(H2,21,23,24,25). The van der Waals surface area contributed by atoms with E-state index in [1.54, 1.807) is 6.20 Å². The maximum absolute atomic E-state index is 4.46. The summed E-state index contributed by atoms with van der Waals surface area (Å²) < 4.78 is 0. The predicted molar refractivity (Wildman–Crippen MR) is 102 cm³/mol. The Morgan fingerprint density at radius 3 is 2.44 bits per heavy atom. The van der Waals surface area contributed by atoms with Gasteiger partial charge in [0.25, 0.3) is 0 Å². The van der Waals surface area contributed by atoms with Crippen LogP contribution in [0.5, 0.6) is 0 Å². The smallest absolute Gasteiger partial charge is 0.249 e. The van der Waals surface area contributed by atoms with E-state index >= 15 is 0 Å². The van der Waals surface area contributed by atoms with Gasteiger partial charge in [-0.1, -0.05) is 56.3 Å². The fourth-order valence-corrected chi connectivity index (χ4v) is 2.50. The average molecular weight is 333 g/mol. The number of anilines is 3. The van der Waals surface area contributed by atoms with Crippen LogP contribution in [0.2, 0.25) is 0 Å². The van der Waals surface area contributed by atoms with Crippen molar-refractivity contribution >= 4 is 17.5 Å². The van der Waals surface area contributed by atoms with Crippen molar-refractivity contribution in [3.63, 3.8) is 0 Å². The van der Waals surface area contributed by atoms with Crippen LogP contribution in [0, 0.1) is 0 Å². The summed E-state index contributed by atoms with van der Waals surface area (Å²) in [4.78, 5) is 4.46. The van der Waals surface area contributed by atoms with Crippen molar-refractivity contribution in [1.82, 2.24) is 15.2 Å². The third-order valence-electron chi connectivity index (χ3n) is 3.95. The van der Waals surface area contributed by atoms with Crippen molar-refractivity contribution in [2.45, 2.75) is 26.2 Å². The van der Waals surface area contributed by atoms with Crippen molar-refractivity contribution in [2.24, 2.45) is 0 Å². The van der Waals surface area contributed by atoms with E-state index < -0.39 is 0 Å². The number of hydrogen-bond donors (Lipinski definition) is 2. The molecule has 2 N–H and O–H groups in total. The molecule has 0 amide bonds. The molecule has 0 saturated heterocycles. The Balaban J connectivity index is 1.57. The second kappa shape index (κ2) is 8.24. The van der Waals surface area contributed by atoms with Gasteiger partial charge in [0.05, 0.1) is 6.20 Å². The van der Waals surface area contributed by atoms with E-state index in [-0.39, 0.29) is 0 Å². The lowest BCUT2D eigenvalue weighted by Gasteiger charge is -2.09. The molecular weight excluding hydrogens is 310 g/mol. The van der Waals surface area contributed by atoms with E-state index in [9.17, 15) is 0 Å². The van der Waals surface area contributed by atoms with E-state index in [0.29, 0.717) is 17.7 Å². The lowest BCUT2D eigenvalue weighted by molar-refractivity contribution is 0.867. The van der Waals surface area contributed by atoms with E-state index in [0.717, 1.165) is 18.7 Å². The highest BCUT2D eigenvalue weighted by atomic mass is 15.3. The molecule has 0 aliphatic heterocycles. The van der Waals surface area contributed by atoms with Crippen LogP contribution in [0.3, 0.4) is 0 Å². The molecule has 0 spiro atoms. The average Bonchev–Trinajstić information content (AvgIpc) is 2.63. The van der Waals surface area contributed by atoms with Gasteiger partial charge in [0.1, 0.15) is 0 Å². The van der Waals surface area contributed by atoms with E-state index in [1.807, 2.05) is 30.3 Å². The van der Waals surface area contributed by atoms with Crippen molar-refractivity contribution in [1.29, 1.82) is 0 Å². The highest BCUT2D eigenvalue weighted by Gasteiger charge is 2.03. The van der Waals surface area contributed by atoms with Gasteiger partial charge in [-0.3, -0.25) is 0 Å². The zero-order valence-corrected chi connectivity index (χ0v) is 14.6. The molecule has 1 aromatic heterocycles. The van der Waals surface area contributed by atoms with Crippen LogP contribution in [-0.2, 0) is 6.42 Å². The Labute approximate surface area is 148 Å². The molecule has 0 saturated carbocycles. The minimum Gasteiger partial charge on any atom is -0.368 e. The zero-order chi connectivity index (χ0) is 17.5. The summed E-state index contributed by atoms with van der Waals surface area (Å²) in [5.41, 5.74) is 3.55. The molecule has 128 valence electrons. The van der Waals surface area contributed by atoms with Crippen LogP contribution >= 0.6 is 0 Å². The Morgan fingerprint density at radius 2 is 1.72 bits per heavy atom. The first kappa shape index (κ1) is 16.9. The summed E-state index contributed by atoms with van der Waals surface area (Å²) in [7, 11) is 0. The predicted octanol–water partition coefficient (Wildman–Crippen LogP) is 4.39. The molecule has 3 aromatic rings. The first-order chi connectivity index (χ1) is 12.2. The molecule has 0 radical (unpaired) electrons. The SMILES string of the molecule is CC(C)c1ccc(Nc2nncc(NCCc3ccccc3)n2)cc1. The summed E-state index contributed by atoms with van der Waals surface area (Å²) in [6.07, 6.45) is 2.57. The molecule has 0 unspecified atom stereocenters. The van der Waals surface area contributed by atoms with Crippen molar-refractivity contribution < 1.29 is 0 Å². The lowest BCUT2D eigenvalue weighted by atomic mass is 10.0. The monoisotopic (exact) mass is 333 g/mol. The van der Waals surface area contributed by atoms with Gasteiger partial charge in [-0.15, -0.1) is 5.10 Å². The molecule has 0 fully saturated rings. The van der Waals surface area contributed by atoms with Gasteiger partial charge >= 0.3 is 0 Å². The Kier molecular flexibility index (Phi) is 5.57. The molecule has 25 heavy (non-hydrogen) atoms. The van der Waals surface area contributed by atoms with Gasteiger partial charge in [-0.25, -0.2) is 0 Å². The summed E-state index contributed by atoms with van der Waals surface area (Å²) in [5.74, 6) is 1.72. The van der Waals surface area contributed by atoms with Crippen LogP contribution in [0.15, 0.2) is 60.8 Å². The third-order valence-corrected chi connectivity index (χ3v) is 3.95. The van der Waals surface area contributed by atoms with Crippen molar-refractivity contribution in [3.8, 4) is 0 Å². The first-order valence-electron chi connectivity index (χ1n) is 8.55. The second-order valence-corrected chi connectivity index (χ2v) is 6.23. The maximum Gasteiger partial charge on any atom is 0.249 e. The van der Waals surface area contributed by atoms with Gasteiger partial charge in [0, 0.05) is 12.2 Å². The van der Waals surface area contributed by atoms with Gasteiger partial charge in [-0.2, -0.15) is 10.1 Å². The molecule has 0 aliphatic carbocycles. The van der Waals surface area contributed by atoms with Gasteiger partial charge < -0.3 is 10.6 Å². The fourth-order valence-electron chi connectivity index (χ4n) is 2.50. The molecule has 0 bridgehead atoms. The van der Waals surface area contributed by atoms with Crippen LogP contribution < -0.4 is 10.6 Å². The summed E-state index contributed by atoms with van der Waals surface area (Å²) in [6, 6.07) is 18.7. The Bertz CT molecular complexity index is 785. The van der Waals surface area contributed by atoms with E-state index in [2.05, 4.69) is 63.9 Å². The molecule has 0 aliphatic rings. The highest BCUT2D eigenvalue weighted by molar-refractivity contribution is 5.54. The second-order valence-electron chi connectivity index (χ2n) is 6.23. The number of hydrogen-bond acceptors (Lipinski definition) is 5. The van der Waals surface area contributed by atoms with Gasteiger partial charge in [0.2, 0.25) is 5.95 Å². The molecular formula is C20H23N5. The molecule has 3 rings (SSSR count). The molecule has 5 heteroatoms. The first-order valence-corrected chi connectivity index (χ1v) is 8.55. The minimum absolute atomic E-state index is 0.488. The lowest BCUT2D eigenvalue weighted by Crippen LogP contribution is -2.08. The zero-order valence-electron chi connectivity index (χ0n) is 14.6. The summed E-state index contributed by atoms with van der Waals surface area (Å²) in [6.45, 7) is 5.16. The minimum atomic E-state index is 0.488. The topological polar surface area (TPSA) is 62.7 Å². The van der Waals surface area contributed by atoms with Crippen molar-refractivity contribution in [3.05, 3.63) is 71.9 Å². The Hall–Kier alpha value is -2.95. The number of benzene rings is 2. The number of nitrogens with one attached hydrogen (secondary N) is 2. The van der Waals surface area contributed by atoms with Crippen LogP contribution in [-0.4, -0.2) is 21.7 Å². The normalized spacial score (nSPS) is 10.7. The molecule has 1 heterocycles. The summed E-state index contributed by atoms with van der Waals surface area (Å²) >= 11 is 0. The highest BCUT2D eigenvalue weighted by Crippen LogP contribution is 2.19. The number of aromatic nitrogens is 3. The number of rotatable bonds is 7. The molecule has 2 aromatic carbocycles.